The second-order valence-corrected chi connectivity index (χ2v) is 4.02. The number of hydrogen-bond acceptors (Lipinski definition) is 2. The van der Waals surface area contributed by atoms with E-state index in [0.717, 1.165) is 25.8 Å². The molecule has 0 rings (SSSR count). The number of carbonyl (C=O) groups is 1. The van der Waals surface area contributed by atoms with Crippen LogP contribution in [0.3, 0.4) is 0 Å². The van der Waals surface area contributed by atoms with Gasteiger partial charge in [0.2, 0.25) is 0 Å². The van der Waals surface area contributed by atoms with Crippen LogP contribution in [0.4, 0.5) is 0 Å². The molecule has 2 N–H and O–H groups in total. The van der Waals surface area contributed by atoms with E-state index < -0.39 is 11.5 Å². The van der Waals surface area contributed by atoms with Crippen molar-refractivity contribution in [3.8, 4) is 0 Å². The Hall–Kier alpha value is -0.570. The fraction of sp³-hybridized carbons (Fsp3) is 0.909. The summed E-state index contributed by atoms with van der Waals surface area (Å²) >= 11 is 0. The van der Waals surface area contributed by atoms with E-state index in [1.807, 2.05) is 6.92 Å². The predicted octanol–water partition coefficient (Wildman–Crippen LogP) is 2.41. The molecule has 3 heteroatoms. The summed E-state index contributed by atoms with van der Waals surface area (Å²) in [5.41, 5.74) is -0.734. The van der Waals surface area contributed by atoms with Crippen molar-refractivity contribution in [1.82, 2.24) is 5.32 Å². The first-order valence-electron chi connectivity index (χ1n) is 5.55. The van der Waals surface area contributed by atoms with Crippen LogP contribution in [0, 0.1) is 0 Å². The fourth-order valence-electron chi connectivity index (χ4n) is 1.51. The van der Waals surface area contributed by atoms with E-state index in [0.29, 0.717) is 6.42 Å². The molecule has 0 amide bonds. The minimum atomic E-state index is -0.740. The van der Waals surface area contributed by atoms with Gasteiger partial charge in [0, 0.05) is 0 Å². The molecule has 0 aromatic carbocycles. The predicted molar refractivity (Wildman–Crippen MR) is 58.5 cm³/mol. The van der Waals surface area contributed by atoms with Crippen LogP contribution < -0.4 is 5.32 Å². The second kappa shape index (κ2) is 6.82. The Morgan fingerprint density at radius 1 is 1.29 bits per heavy atom. The average Bonchev–Trinajstić information content (AvgIpc) is 2.13. The van der Waals surface area contributed by atoms with Gasteiger partial charge in [0.25, 0.3) is 0 Å². The van der Waals surface area contributed by atoms with Crippen LogP contribution in [-0.4, -0.2) is 23.2 Å². The van der Waals surface area contributed by atoms with Crippen LogP contribution >= 0.6 is 0 Å². The van der Waals surface area contributed by atoms with Crippen LogP contribution in [0.5, 0.6) is 0 Å². The van der Waals surface area contributed by atoms with Gasteiger partial charge < -0.3 is 10.4 Å². The molecule has 0 aromatic heterocycles. The number of hydrogen-bond donors (Lipinski definition) is 2. The number of rotatable bonds is 8. The van der Waals surface area contributed by atoms with Gasteiger partial charge in [-0.1, -0.05) is 33.1 Å². The van der Waals surface area contributed by atoms with Crippen LogP contribution in [0.1, 0.15) is 52.9 Å². The first kappa shape index (κ1) is 13.4. The monoisotopic (exact) mass is 201 g/mol. The zero-order chi connectivity index (χ0) is 11.0. The van der Waals surface area contributed by atoms with Crippen molar-refractivity contribution in [2.24, 2.45) is 0 Å². The number of unbranched alkanes of at least 4 members (excludes halogenated alkanes) is 2. The van der Waals surface area contributed by atoms with Gasteiger partial charge in [-0.05, 0) is 26.3 Å². The van der Waals surface area contributed by atoms with Crippen LogP contribution in [0.15, 0.2) is 0 Å². The standard InChI is InChI=1S/C11H23NO2/c1-4-6-7-9-12-11(3,8-5-2)10(13)14/h12H,4-9H2,1-3H3,(H,13,14). The van der Waals surface area contributed by atoms with Gasteiger partial charge in [-0.3, -0.25) is 4.79 Å². The number of carboxylic acid groups (broad SMARTS) is 1. The Balaban J connectivity index is 3.90. The number of carboxylic acids is 1. The van der Waals surface area contributed by atoms with E-state index in [4.69, 9.17) is 5.11 Å². The summed E-state index contributed by atoms with van der Waals surface area (Å²) in [5.74, 6) is -0.740. The van der Waals surface area contributed by atoms with E-state index in [2.05, 4.69) is 12.2 Å². The highest BCUT2D eigenvalue weighted by atomic mass is 16.4. The molecule has 0 saturated carbocycles. The van der Waals surface area contributed by atoms with Gasteiger partial charge in [-0.2, -0.15) is 0 Å². The summed E-state index contributed by atoms with van der Waals surface area (Å²) in [6.45, 7) is 6.72. The third-order valence-corrected chi connectivity index (χ3v) is 2.52. The highest BCUT2D eigenvalue weighted by molar-refractivity contribution is 5.78. The Morgan fingerprint density at radius 3 is 2.36 bits per heavy atom. The van der Waals surface area contributed by atoms with Gasteiger partial charge >= 0.3 is 5.97 Å². The lowest BCUT2D eigenvalue weighted by molar-refractivity contribution is -0.144. The molecular weight excluding hydrogens is 178 g/mol. The van der Waals surface area contributed by atoms with Crippen LogP contribution in [-0.2, 0) is 4.79 Å². The van der Waals surface area contributed by atoms with Crippen molar-refractivity contribution < 1.29 is 9.90 Å². The first-order valence-corrected chi connectivity index (χ1v) is 5.55. The molecule has 1 atom stereocenters. The molecule has 0 aliphatic rings. The second-order valence-electron chi connectivity index (χ2n) is 4.02. The minimum Gasteiger partial charge on any atom is -0.480 e. The lowest BCUT2D eigenvalue weighted by Gasteiger charge is -2.25. The van der Waals surface area contributed by atoms with Gasteiger partial charge in [-0.15, -0.1) is 0 Å². The van der Waals surface area contributed by atoms with Crippen molar-refractivity contribution in [3.05, 3.63) is 0 Å². The summed E-state index contributed by atoms with van der Waals surface area (Å²) in [4.78, 5) is 11.0. The normalized spacial score (nSPS) is 15.1. The maximum absolute atomic E-state index is 11.0. The third kappa shape index (κ3) is 4.61. The van der Waals surface area contributed by atoms with Gasteiger partial charge in [0.15, 0.2) is 0 Å². The van der Waals surface area contributed by atoms with E-state index in [9.17, 15) is 4.79 Å². The Kier molecular flexibility index (Phi) is 6.54. The zero-order valence-electron chi connectivity index (χ0n) is 9.60. The molecule has 14 heavy (non-hydrogen) atoms. The quantitative estimate of drug-likeness (QED) is 0.593. The Labute approximate surface area is 86.9 Å². The van der Waals surface area contributed by atoms with Gasteiger partial charge in [0.05, 0.1) is 0 Å². The van der Waals surface area contributed by atoms with Crippen molar-refractivity contribution >= 4 is 5.97 Å². The van der Waals surface area contributed by atoms with Gasteiger partial charge in [0.1, 0.15) is 5.54 Å². The van der Waals surface area contributed by atoms with E-state index in [1.165, 1.54) is 6.42 Å². The van der Waals surface area contributed by atoms with Crippen molar-refractivity contribution in [1.29, 1.82) is 0 Å². The Bertz CT molecular complexity index is 171. The Morgan fingerprint density at radius 2 is 1.93 bits per heavy atom. The number of nitrogens with one attached hydrogen (secondary N) is 1. The molecule has 84 valence electrons. The topological polar surface area (TPSA) is 49.3 Å². The minimum absolute atomic E-state index is 0.689. The van der Waals surface area contributed by atoms with Crippen LogP contribution in [0.2, 0.25) is 0 Å². The molecule has 0 fully saturated rings. The molecule has 3 nitrogen and oxygen atoms in total. The zero-order valence-corrected chi connectivity index (χ0v) is 9.60. The largest absolute Gasteiger partial charge is 0.480 e. The molecule has 0 saturated heterocycles. The maximum Gasteiger partial charge on any atom is 0.323 e. The third-order valence-electron chi connectivity index (χ3n) is 2.52. The molecule has 0 bridgehead atoms. The molecule has 0 aliphatic heterocycles. The van der Waals surface area contributed by atoms with Crippen molar-refractivity contribution in [3.63, 3.8) is 0 Å². The number of aliphatic carboxylic acids is 1. The van der Waals surface area contributed by atoms with Crippen LogP contribution in [0.25, 0.3) is 0 Å². The SMILES string of the molecule is CCCCCNC(C)(CCC)C(=O)O. The van der Waals surface area contributed by atoms with E-state index in [1.54, 1.807) is 6.92 Å². The lowest BCUT2D eigenvalue weighted by atomic mass is 9.96. The van der Waals surface area contributed by atoms with Gasteiger partial charge in [-0.25, -0.2) is 0 Å². The molecule has 0 spiro atoms. The van der Waals surface area contributed by atoms with Crippen molar-refractivity contribution in [2.75, 3.05) is 6.54 Å². The summed E-state index contributed by atoms with van der Waals surface area (Å²) in [7, 11) is 0. The molecular formula is C11H23NO2. The highest BCUT2D eigenvalue weighted by Crippen LogP contribution is 2.12. The molecule has 1 unspecified atom stereocenters. The lowest BCUT2D eigenvalue weighted by Crippen LogP contribution is -2.49. The summed E-state index contributed by atoms with van der Waals surface area (Å²) in [6, 6.07) is 0. The first-order chi connectivity index (χ1) is 6.56. The fourth-order valence-corrected chi connectivity index (χ4v) is 1.51. The van der Waals surface area contributed by atoms with E-state index >= 15 is 0 Å². The summed E-state index contributed by atoms with van der Waals surface area (Å²) < 4.78 is 0. The molecule has 0 aromatic rings. The smallest absolute Gasteiger partial charge is 0.323 e. The summed E-state index contributed by atoms with van der Waals surface area (Å²) in [5, 5.41) is 12.2. The average molecular weight is 201 g/mol. The molecule has 0 radical (unpaired) electrons. The maximum atomic E-state index is 11.0. The molecule has 0 heterocycles. The summed E-state index contributed by atoms with van der Waals surface area (Å²) in [6.07, 6.45) is 4.97. The molecule has 0 aliphatic carbocycles. The van der Waals surface area contributed by atoms with Crippen molar-refractivity contribution in [2.45, 2.75) is 58.4 Å². The highest BCUT2D eigenvalue weighted by Gasteiger charge is 2.30. The van der Waals surface area contributed by atoms with E-state index in [-0.39, 0.29) is 0 Å².